The van der Waals surface area contributed by atoms with Crippen molar-refractivity contribution in [2.45, 2.75) is 129 Å². The van der Waals surface area contributed by atoms with E-state index in [4.69, 9.17) is 0 Å². The van der Waals surface area contributed by atoms with E-state index in [1.807, 2.05) is 83.7 Å². The minimum atomic E-state index is -0.774. The molecular formula is C36H48N6O4. The van der Waals surface area contributed by atoms with Crippen LogP contribution in [0, 0.1) is 0 Å². The fraction of sp³-hybridized carbons (Fsp3) is 0.556. The SMILES string of the molecule is CCCC(=O)N1C2C3N(Cc4ccccc4)C4C(N2Cc2ccccc2)N(C(=O)CCC)C(C1N3C(=O)CCC)N4C(=O)CCC. The zero-order valence-corrected chi connectivity index (χ0v) is 27.6. The maximum absolute atomic E-state index is 14.4. The molecule has 0 aromatic heterocycles. The van der Waals surface area contributed by atoms with Gasteiger partial charge in [-0.2, -0.15) is 0 Å². The molecule has 4 atom stereocenters. The zero-order valence-electron chi connectivity index (χ0n) is 27.6. The zero-order chi connectivity index (χ0) is 32.5. The maximum Gasteiger partial charge on any atom is 0.225 e. The molecule has 0 N–H and O–H groups in total. The largest absolute Gasteiger partial charge is 0.299 e. The second kappa shape index (κ2) is 13.5. The fourth-order valence-electron chi connectivity index (χ4n) is 8.20. The first-order valence-corrected chi connectivity index (χ1v) is 17.2. The van der Waals surface area contributed by atoms with Gasteiger partial charge in [0.05, 0.1) is 0 Å². The predicted octanol–water partition coefficient (Wildman–Crippen LogP) is 4.52. The van der Waals surface area contributed by atoms with E-state index in [1.54, 1.807) is 0 Å². The molecule has 5 heterocycles. The summed E-state index contributed by atoms with van der Waals surface area (Å²) in [6.45, 7) is 8.89. The van der Waals surface area contributed by atoms with E-state index in [0.717, 1.165) is 11.1 Å². The number of piperazine rings is 1. The first kappa shape index (κ1) is 32.2. The van der Waals surface area contributed by atoms with E-state index in [9.17, 15) is 19.2 Å². The summed E-state index contributed by atoms with van der Waals surface area (Å²) < 4.78 is 0. The molecule has 2 aromatic rings. The lowest BCUT2D eigenvalue weighted by molar-refractivity contribution is -0.180. The van der Waals surface area contributed by atoms with Crippen LogP contribution < -0.4 is 0 Å². The van der Waals surface area contributed by atoms with Crippen LogP contribution in [0.1, 0.15) is 90.2 Å². The van der Waals surface area contributed by atoms with Gasteiger partial charge in [0.1, 0.15) is 37.0 Å². The van der Waals surface area contributed by atoms with Crippen LogP contribution in [0.2, 0.25) is 0 Å². The Morgan fingerprint density at radius 1 is 0.435 bits per heavy atom. The average Bonchev–Trinajstić information content (AvgIpc) is 3.53. The van der Waals surface area contributed by atoms with Gasteiger partial charge in [0.25, 0.3) is 0 Å². The van der Waals surface area contributed by atoms with E-state index in [0.29, 0.717) is 64.5 Å². The van der Waals surface area contributed by atoms with Crippen molar-refractivity contribution in [1.29, 1.82) is 0 Å². The van der Waals surface area contributed by atoms with Gasteiger partial charge >= 0.3 is 0 Å². The van der Waals surface area contributed by atoms with Crippen molar-refractivity contribution in [3.63, 3.8) is 0 Å². The average molecular weight is 629 g/mol. The molecule has 5 fully saturated rings. The van der Waals surface area contributed by atoms with Crippen molar-refractivity contribution >= 4 is 23.6 Å². The molecule has 10 heteroatoms. The summed E-state index contributed by atoms with van der Waals surface area (Å²) in [5, 5.41) is 0. The molecule has 2 aromatic carbocycles. The Morgan fingerprint density at radius 2 is 0.696 bits per heavy atom. The van der Waals surface area contributed by atoms with Crippen molar-refractivity contribution in [3.05, 3.63) is 71.8 Å². The first-order valence-electron chi connectivity index (χ1n) is 17.2. The molecule has 0 saturated carbocycles. The topological polar surface area (TPSA) is 87.7 Å². The highest BCUT2D eigenvalue weighted by Gasteiger charge is 2.74. The quantitative estimate of drug-likeness (QED) is 0.344. The standard InChI is InChI=1S/C36H48N6O4/c1-5-15-27(43)39-31-32-38(24-26-21-13-10-14-22-26)34-33(37(31)23-25-19-11-9-12-20-25)41(29(45)17-7-3)36(42(34)30(46)18-8-4)35(39)40(32)28(44)16-6-2/h9-14,19-22,31-36H,5-8,15-18,23-24H2,1-4H3. The number of nitrogens with zero attached hydrogens (tertiary/aromatic N) is 6. The third-order valence-corrected chi connectivity index (χ3v) is 9.86. The molecule has 6 bridgehead atoms. The molecule has 7 rings (SSSR count). The highest BCUT2D eigenvalue weighted by atomic mass is 16.2. The molecule has 5 saturated heterocycles. The third-order valence-electron chi connectivity index (χ3n) is 9.86. The summed E-state index contributed by atoms with van der Waals surface area (Å²) >= 11 is 0. The van der Waals surface area contributed by atoms with Crippen molar-refractivity contribution in [1.82, 2.24) is 29.4 Å². The van der Waals surface area contributed by atoms with Crippen LogP contribution in [0.5, 0.6) is 0 Å². The smallest absolute Gasteiger partial charge is 0.225 e. The predicted molar refractivity (Wildman–Crippen MR) is 174 cm³/mol. The van der Waals surface area contributed by atoms with Gasteiger partial charge in [0.2, 0.25) is 23.6 Å². The van der Waals surface area contributed by atoms with Crippen molar-refractivity contribution in [2.24, 2.45) is 0 Å². The lowest BCUT2D eigenvalue weighted by Gasteiger charge is -2.55. The molecule has 5 aliphatic rings. The first-order chi connectivity index (χ1) is 22.4. The lowest BCUT2D eigenvalue weighted by atomic mass is 10.0. The molecule has 4 unspecified atom stereocenters. The number of carbonyl (C=O) groups is 4. The second-order valence-electron chi connectivity index (χ2n) is 13.0. The van der Waals surface area contributed by atoms with Crippen LogP contribution in [-0.2, 0) is 32.3 Å². The Bertz CT molecular complexity index is 1250. The Balaban J connectivity index is 1.64. The molecule has 4 amide bonds. The summed E-state index contributed by atoms with van der Waals surface area (Å²) in [7, 11) is 0. The van der Waals surface area contributed by atoms with Crippen LogP contribution in [0.25, 0.3) is 0 Å². The summed E-state index contributed by atoms with van der Waals surface area (Å²) in [6, 6.07) is 20.2. The van der Waals surface area contributed by atoms with Gasteiger partial charge in [-0.3, -0.25) is 48.6 Å². The maximum atomic E-state index is 14.4. The van der Waals surface area contributed by atoms with Gasteiger partial charge in [0, 0.05) is 38.8 Å². The van der Waals surface area contributed by atoms with Crippen LogP contribution >= 0.6 is 0 Å². The highest BCUT2D eigenvalue weighted by Crippen LogP contribution is 2.53. The molecule has 10 nitrogen and oxygen atoms in total. The van der Waals surface area contributed by atoms with Crippen LogP contribution in [0.4, 0.5) is 0 Å². The molecule has 0 aliphatic carbocycles. The van der Waals surface area contributed by atoms with Gasteiger partial charge in [-0.1, -0.05) is 88.4 Å². The minimum absolute atomic E-state index is 0.0520. The van der Waals surface area contributed by atoms with Crippen LogP contribution in [0.3, 0.4) is 0 Å². The Hall–Kier alpha value is -3.76. The number of carbonyl (C=O) groups excluding carboxylic acids is 4. The van der Waals surface area contributed by atoms with Crippen LogP contribution in [-0.4, -0.2) is 90.0 Å². The van der Waals surface area contributed by atoms with E-state index in [1.165, 1.54) is 0 Å². The minimum Gasteiger partial charge on any atom is -0.299 e. The van der Waals surface area contributed by atoms with Crippen molar-refractivity contribution < 1.29 is 19.2 Å². The van der Waals surface area contributed by atoms with Gasteiger partial charge in [0.15, 0.2) is 0 Å². The van der Waals surface area contributed by atoms with Gasteiger partial charge in [-0.05, 0) is 36.8 Å². The van der Waals surface area contributed by atoms with E-state index in [-0.39, 0.29) is 23.6 Å². The van der Waals surface area contributed by atoms with Crippen molar-refractivity contribution in [2.75, 3.05) is 0 Å². The van der Waals surface area contributed by atoms with E-state index < -0.39 is 37.0 Å². The van der Waals surface area contributed by atoms with E-state index in [2.05, 4.69) is 34.1 Å². The molecule has 0 spiro atoms. The molecule has 246 valence electrons. The summed E-state index contributed by atoms with van der Waals surface area (Å²) in [4.78, 5) is 69.6. The number of hydrogen-bond acceptors (Lipinski definition) is 6. The molecular weight excluding hydrogens is 580 g/mol. The molecule has 0 radical (unpaired) electrons. The van der Waals surface area contributed by atoms with E-state index >= 15 is 0 Å². The van der Waals surface area contributed by atoms with Gasteiger partial charge in [-0.15, -0.1) is 0 Å². The highest BCUT2D eigenvalue weighted by molar-refractivity contribution is 5.86. The summed E-state index contributed by atoms with van der Waals surface area (Å²) in [6.07, 6.45) is 0.407. The van der Waals surface area contributed by atoms with Crippen molar-refractivity contribution in [3.8, 4) is 0 Å². The third kappa shape index (κ3) is 5.29. The number of benzene rings is 2. The number of rotatable bonds is 12. The van der Waals surface area contributed by atoms with Gasteiger partial charge in [-0.25, -0.2) is 0 Å². The molecule has 5 aliphatic heterocycles. The fourth-order valence-corrected chi connectivity index (χ4v) is 8.20. The monoisotopic (exact) mass is 628 g/mol. The number of hydrogen-bond donors (Lipinski definition) is 0. The Morgan fingerprint density at radius 3 is 0.935 bits per heavy atom. The van der Waals surface area contributed by atoms with Crippen LogP contribution in [0.15, 0.2) is 60.7 Å². The summed E-state index contributed by atoms with van der Waals surface area (Å²) in [5.74, 6) is -0.208. The van der Waals surface area contributed by atoms with Gasteiger partial charge < -0.3 is 0 Å². The summed E-state index contributed by atoms with van der Waals surface area (Å²) in [5.41, 5.74) is 2.10. The Labute approximate surface area is 272 Å². The Kier molecular flexibility index (Phi) is 9.47. The second-order valence-corrected chi connectivity index (χ2v) is 13.0. The molecule has 46 heavy (non-hydrogen) atoms. The lowest BCUT2D eigenvalue weighted by Crippen LogP contribution is -2.74. The normalized spacial score (nSPS) is 26.7. The number of amides is 4.